The van der Waals surface area contributed by atoms with Crippen molar-refractivity contribution in [3.05, 3.63) is 18.2 Å². The van der Waals surface area contributed by atoms with Crippen LogP contribution in [0.4, 0.5) is 0 Å². The zero-order valence-corrected chi connectivity index (χ0v) is 11.8. The smallest absolute Gasteiger partial charge is 0.309 e. The van der Waals surface area contributed by atoms with Crippen LogP contribution in [0.25, 0.3) is 0 Å². The molecule has 0 unspecified atom stereocenters. The Morgan fingerprint density at radius 2 is 2.16 bits per heavy atom. The first kappa shape index (κ1) is 14.1. The van der Waals surface area contributed by atoms with Crippen LogP contribution < -0.4 is 0 Å². The quantitative estimate of drug-likeness (QED) is 0.883. The average Bonchev–Trinajstić information content (AvgIpc) is 2.78. The molecule has 1 aliphatic heterocycles. The van der Waals surface area contributed by atoms with Gasteiger partial charge in [0, 0.05) is 19.8 Å². The number of hydrogen-bond acceptors (Lipinski definition) is 3. The van der Waals surface area contributed by atoms with Crippen molar-refractivity contribution in [3.8, 4) is 0 Å². The van der Waals surface area contributed by atoms with Gasteiger partial charge in [-0.05, 0) is 32.4 Å². The second kappa shape index (κ2) is 5.74. The van der Waals surface area contributed by atoms with Gasteiger partial charge in [0.1, 0.15) is 0 Å². The molecule has 1 aliphatic rings. The van der Waals surface area contributed by atoms with Gasteiger partial charge in [-0.1, -0.05) is 13.3 Å². The van der Waals surface area contributed by atoms with Crippen LogP contribution in [0.2, 0.25) is 0 Å². The van der Waals surface area contributed by atoms with Crippen LogP contribution in [-0.2, 0) is 18.4 Å². The van der Waals surface area contributed by atoms with E-state index in [1.807, 2.05) is 17.8 Å². The third-order valence-corrected chi connectivity index (χ3v) is 4.30. The maximum absolute atomic E-state index is 11.5. The Morgan fingerprint density at radius 1 is 1.47 bits per heavy atom. The van der Waals surface area contributed by atoms with Crippen LogP contribution in [0, 0.1) is 5.41 Å². The van der Waals surface area contributed by atoms with Crippen LogP contribution in [0.3, 0.4) is 0 Å². The van der Waals surface area contributed by atoms with E-state index < -0.39 is 11.4 Å². The number of rotatable bonds is 5. The molecule has 2 heterocycles. The van der Waals surface area contributed by atoms with Gasteiger partial charge in [0.2, 0.25) is 0 Å². The van der Waals surface area contributed by atoms with Gasteiger partial charge in [0.25, 0.3) is 0 Å². The second-order valence-corrected chi connectivity index (χ2v) is 5.61. The van der Waals surface area contributed by atoms with E-state index in [1.54, 1.807) is 6.33 Å². The summed E-state index contributed by atoms with van der Waals surface area (Å²) in [7, 11) is 1.99. The van der Waals surface area contributed by atoms with Gasteiger partial charge in [-0.3, -0.25) is 9.69 Å². The summed E-state index contributed by atoms with van der Waals surface area (Å²) < 4.78 is 2.02. The van der Waals surface area contributed by atoms with Crippen LogP contribution in [-0.4, -0.2) is 38.6 Å². The second-order valence-electron chi connectivity index (χ2n) is 5.61. The zero-order chi connectivity index (χ0) is 13.9. The molecule has 0 saturated carbocycles. The highest BCUT2D eigenvalue weighted by atomic mass is 16.4. The number of aromatic nitrogens is 2. The molecular weight excluding hydrogens is 242 g/mol. The van der Waals surface area contributed by atoms with E-state index >= 15 is 0 Å². The molecule has 2 rings (SSSR count). The van der Waals surface area contributed by atoms with E-state index in [4.69, 9.17) is 0 Å². The van der Waals surface area contributed by atoms with E-state index in [9.17, 15) is 9.90 Å². The lowest BCUT2D eigenvalue weighted by atomic mass is 9.75. The highest BCUT2D eigenvalue weighted by molar-refractivity contribution is 5.74. The molecule has 0 aliphatic carbocycles. The molecule has 0 bridgehead atoms. The van der Waals surface area contributed by atoms with Gasteiger partial charge < -0.3 is 9.67 Å². The van der Waals surface area contributed by atoms with E-state index in [2.05, 4.69) is 16.8 Å². The van der Waals surface area contributed by atoms with Crippen molar-refractivity contribution in [1.29, 1.82) is 0 Å². The average molecular weight is 265 g/mol. The largest absolute Gasteiger partial charge is 0.481 e. The Hall–Kier alpha value is -1.36. The Balaban J connectivity index is 1.94. The molecule has 5 nitrogen and oxygen atoms in total. The van der Waals surface area contributed by atoms with Gasteiger partial charge in [-0.15, -0.1) is 0 Å². The summed E-state index contributed by atoms with van der Waals surface area (Å²) in [4.78, 5) is 18.0. The lowest BCUT2D eigenvalue weighted by molar-refractivity contribution is -0.152. The molecule has 0 radical (unpaired) electrons. The third kappa shape index (κ3) is 2.97. The SMILES string of the molecule is CCCC1(C(=O)O)CCN(Cc2cncn2C)CC1. The third-order valence-electron chi connectivity index (χ3n) is 4.30. The van der Waals surface area contributed by atoms with Crippen molar-refractivity contribution in [2.45, 2.75) is 39.2 Å². The fourth-order valence-electron chi connectivity index (χ4n) is 2.95. The summed E-state index contributed by atoms with van der Waals surface area (Å²) in [5.74, 6) is -0.616. The summed E-state index contributed by atoms with van der Waals surface area (Å²) in [6.07, 6.45) is 6.93. The molecule has 0 atom stereocenters. The van der Waals surface area contributed by atoms with E-state index in [1.165, 1.54) is 5.69 Å². The van der Waals surface area contributed by atoms with Crippen LogP contribution in [0.1, 0.15) is 38.3 Å². The molecule has 1 fully saturated rings. The number of likely N-dealkylation sites (tertiary alicyclic amines) is 1. The van der Waals surface area contributed by atoms with E-state index in [0.29, 0.717) is 0 Å². The standard InChI is InChI=1S/C14H23N3O2/c1-3-4-14(13(18)19)5-7-17(8-6-14)10-12-9-15-11-16(12)2/h9,11H,3-8,10H2,1-2H3,(H,18,19). The number of aliphatic carboxylic acids is 1. The summed E-state index contributed by atoms with van der Waals surface area (Å²) >= 11 is 0. The first-order valence-electron chi connectivity index (χ1n) is 6.98. The van der Waals surface area contributed by atoms with Gasteiger partial charge in [0.05, 0.1) is 17.4 Å². The molecule has 106 valence electrons. The number of nitrogens with zero attached hydrogens (tertiary/aromatic N) is 3. The number of hydrogen-bond donors (Lipinski definition) is 1. The number of imidazole rings is 1. The molecule has 0 spiro atoms. The van der Waals surface area contributed by atoms with Gasteiger partial charge >= 0.3 is 5.97 Å². The number of carboxylic acids is 1. The summed E-state index contributed by atoms with van der Waals surface area (Å²) in [6, 6.07) is 0. The minimum absolute atomic E-state index is 0.488. The minimum atomic E-state index is -0.616. The van der Waals surface area contributed by atoms with Crippen molar-refractivity contribution in [3.63, 3.8) is 0 Å². The lowest BCUT2D eigenvalue weighted by Crippen LogP contribution is -2.44. The van der Waals surface area contributed by atoms with Crippen molar-refractivity contribution in [2.75, 3.05) is 13.1 Å². The summed E-state index contributed by atoms with van der Waals surface area (Å²) in [5, 5.41) is 9.47. The van der Waals surface area contributed by atoms with Crippen LogP contribution >= 0.6 is 0 Å². The van der Waals surface area contributed by atoms with Crippen LogP contribution in [0.15, 0.2) is 12.5 Å². The normalized spacial score (nSPS) is 19.5. The Kier molecular flexibility index (Phi) is 4.24. The van der Waals surface area contributed by atoms with Gasteiger partial charge in [0.15, 0.2) is 0 Å². The fraction of sp³-hybridized carbons (Fsp3) is 0.714. The molecule has 1 saturated heterocycles. The predicted octanol–water partition coefficient (Wildman–Crippen LogP) is 1.89. The van der Waals surface area contributed by atoms with E-state index in [0.717, 1.165) is 45.3 Å². The Bertz CT molecular complexity index is 434. The van der Waals surface area contributed by atoms with E-state index in [-0.39, 0.29) is 0 Å². The van der Waals surface area contributed by atoms with Crippen molar-refractivity contribution in [2.24, 2.45) is 12.5 Å². The fourth-order valence-corrected chi connectivity index (χ4v) is 2.95. The maximum Gasteiger partial charge on any atom is 0.309 e. The van der Waals surface area contributed by atoms with Gasteiger partial charge in [-0.25, -0.2) is 4.98 Å². The topological polar surface area (TPSA) is 58.4 Å². The molecule has 19 heavy (non-hydrogen) atoms. The Morgan fingerprint density at radius 3 is 2.63 bits per heavy atom. The first-order valence-corrected chi connectivity index (χ1v) is 6.98. The van der Waals surface area contributed by atoms with Crippen LogP contribution in [0.5, 0.6) is 0 Å². The minimum Gasteiger partial charge on any atom is -0.481 e. The molecular formula is C14H23N3O2. The predicted molar refractivity (Wildman–Crippen MR) is 72.7 cm³/mol. The molecule has 0 aromatic carbocycles. The number of carboxylic acid groups (broad SMARTS) is 1. The van der Waals surface area contributed by atoms with Gasteiger partial charge in [-0.2, -0.15) is 0 Å². The molecule has 1 N–H and O–H groups in total. The first-order chi connectivity index (χ1) is 9.07. The molecule has 5 heteroatoms. The van der Waals surface area contributed by atoms with Crippen molar-refractivity contribution < 1.29 is 9.90 Å². The highest BCUT2D eigenvalue weighted by Crippen LogP contribution is 2.36. The summed E-state index contributed by atoms with van der Waals surface area (Å²) in [6.45, 7) is 4.64. The van der Waals surface area contributed by atoms with Crippen molar-refractivity contribution in [1.82, 2.24) is 14.5 Å². The number of piperidine rings is 1. The lowest BCUT2D eigenvalue weighted by Gasteiger charge is -2.38. The highest BCUT2D eigenvalue weighted by Gasteiger charge is 2.40. The van der Waals surface area contributed by atoms with Crippen molar-refractivity contribution >= 4 is 5.97 Å². The molecule has 1 aromatic heterocycles. The number of carbonyl (C=O) groups is 1. The summed E-state index contributed by atoms with van der Waals surface area (Å²) in [5.41, 5.74) is 0.691. The maximum atomic E-state index is 11.5. The molecule has 0 amide bonds. The Labute approximate surface area is 114 Å². The monoisotopic (exact) mass is 265 g/mol. The molecule has 1 aromatic rings. The zero-order valence-electron chi connectivity index (χ0n) is 11.8. The number of aryl methyl sites for hydroxylation is 1.